The maximum absolute atomic E-state index is 12.3. The molecule has 0 unspecified atom stereocenters. The summed E-state index contributed by atoms with van der Waals surface area (Å²) in [6, 6.07) is 0. The predicted molar refractivity (Wildman–Crippen MR) is 171 cm³/mol. The van der Waals surface area contributed by atoms with E-state index in [4.69, 9.17) is 28.0 Å². The van der Waals surface area contributed by atoms with E-state index in [-0.39, 0.29) is 6.16 Å². The van der Waals surface area contributed by atoms with Crippen molar-refractivity contribution in [1.29, 1.82) is 0 Å². The molecule has 0 atom stereocenters. The third-order valence-electron chi connectivity index (χ3n) is 6.16. The molecule has 0 aromatic carbocycles. The van der Waals surface area contributed by atoms with E-state index in [1.165, 1.54) is 62.9 Å². The molecular weight excluding hydrogens is 565 g/mol. The summed E-state index contributed by atoms with van der Waals surface area (Å²) in [4.78, 5) is 10.3. The lowest BCUT2D eigenvalue weighted by Crippen LogP contribution is -2.22. The largest absolute Gasteiger partial charge is 0.381 e. The van der Waals surface area contributed by atoms with Crippen molar-refractivity contribution in [2.75, 3.05) is 96.8 Å². The zero-order chi connectivity index (χ0) is 30.0. The van der Waals surface area contributed by atoms with Gasteiger partial charge in [-0.3, -0.25) is 4.57 Å². The lowest BCUT2D eigenvalue weighted by Gasteiger charge is -2.16. The molecule has 11 heteroatoms. The van der Waals surface area contributed by atoms with Gasteiger partial charge in [0.05, 0.1) is 59.0 Å². The second-order valence-electron chi connectivity index (χ2n) is 9.83. The fraction of sp³-hybridized carbons (Fsp3) is 0.967. The van der Waals surface area contributed by atoms with E-state index in [1.54, 1.807) is 13.8 Å². The Morgan fingerprint density at radius 3 is 1.73 bits per heavy atom. The average Bonchev–Trinajstić information content (AvgIpc) is 2.96. The van der Waals surface area contributed by atoms with E-state index in [0.29, 0.717) is 52.9 Å². The maximum atomic E-state index is 12.3. The molecule has 0 aromatic heterocycles. The lowest BCUT2D eigenvalue weighted by atomic mass is 10.1. The van der Waals surface area contributed by atoms with Gasteiger partial charge in [-0.25, -0.2) is 0 Å². The smallest absolute Gasteiger partial charge is 0.332 e. The molecule has 0 aliphatic carbocycles. The minimum atomic E-state index is -3.02. The number of aldehydes is 1. The Balaban J connectivity index is 3.15. The number of carbonyl (C=O) groups is 1. The first-order valence-electron chi connectivity index (χ1n) is 16.1. The number of unbranched alkanes of at least 4 members (excludes halogenated alkanes) is 9. The Morgan fingerprint density at radius 1 is 0.585 bits per heavy atom. The monoisotopic (exact) mass is 627 g/mol. The van der Waals surface area contributed by atoms with Crippen LogP contribution < -0.4 is 5.32 Å². The molecule has 0 rings (SSSR count). The number of thioether (sulfide) groups is 1. The van der Waals surface area contributed by atoms with Gasteiger partial charge in [-0.1, -0.05) is 44.9 Å². The van der Waals surface area contributed by atoms with Crippen molar-refractivity contribution in [2.24, 2.45) is 0 Å². The quantitative estimate of drug-likeness (QED) is 0.0469. The molecule has 0 heterocycles. The Hall–Kier alpha value is -0.0300. The molecular formula is C30H62NO8PS. The summed E-state index contributed by atoms with van der Waals surface area (Å²) in [5.41, 5.74) is 0. The van der Waals surface area contributed by atoms with Gasteiger partial charge in [-0.15, -0.1) is 0 Å². The van der Waals surface area contributed by atoms with Crippen LogP contribution in [0.1, 0.15) is 90.9 Å². The van der Waals surface area contributed by atoms with Gasteiger partial charge in [0.15, 0.2) is 0 Å². The van der Waals surface area contributed by atoms with E-state index < -0.39 is 7.60 Å². The number of hydrogen-bond donors (Lipinski definition) is 1. The Kier molecular flexibility index (Phi) is 34.4. The predicted octanol–water partition coefficient (Wildman–Crippen LogP) is 6.52. The number of hydrogen-bond acceptors (Lipinski definition) is 10. The van der Waals surface area contributed by atoms with Crippen molar-refractivity contribution in [3.63, 3.8) is 0 Å². The van der Waals surface area contributed by atoms with Crippen molar-refractivity contribution >= 4 is 25.6 Å². The molecule has 0 aromatic rings. The average molecular weight is 628 g/mol. The second-order valence-corrected chi connectivity index (χ2v) is 13.2. The fourth-order valence-corrected chi connectivity index (χ4v) is 6.33. The Morgan fingerprint density at radius 2 is 1.10 bits per heavy atom. The van der Waals surface area contributed by atoms with E-state index in [2.05, 4.69) is 5.32 Å². The summed E-state index contributed by atoms with van der Waals surface area (Å²) in [7, 11) is -3.02. The summed E-state index contributed by atoms with van der Waals surface area (Å²) in [6.45, 7) is 11.0. The van der Waals surface area contributed by atoms with Crippen LogP contribution in [-0.4, -0.2) is 103 Å². The third kappa shape index (κ3) is 32.7. The first-order chi connectivity index (χ1) is 20.2. The summed E-state index contributed by atoms with van der Waals surface area (Å²) in [5.74, 6) is 2.35. The van der Waals surface area contributed by atoms with Crippen LogP contribution in [0.5, 0.6) is 0 Å². The van der Waals surface area contributed by atoms with E-state index in [1.807, 2.05) is 11.8 Å². The van der Waals surface area contributed by atoms with Crippen molar-refractivity contribution in [3.8, 4) is 0 Å². The normalized spacial score (nSPS) is 11.9. The topological polar surface area (TPSA) is 102 Å². The Labute approximate surface area is 255 Å². The van der Waals surface area contributed by atoms with Crippen LogP contribution in [0.25, 0.3) is 0 Å². The number of rotatable bonds is 36. The minimum Gasteiger partial charge on any atom is -0.381 e. The summed E-state index contributed by atoms with van der Waals surface area (Å²) >= 11 is 2.01. The van der Waals surface area contributed by atoms with Crippen LogP contribution >= 0.6 is 19.4 Å². The molecule has 0 spiro atoms. The highest BCUT2D eigenvalue weighted by molar-refractivity contribution is 7.99. The van der Waals surface area contributed by atoms with E-state index in [0.717, 1.165) is 58.3 Å². The van der Waals surface area contributed by atoms with E-state index >= 15 is 0 Å². The maximum Gasteiger partial charge on any atom is 0.332 e. The fourth-order valence-electron chi connectivity index (χ4n) is 3.98. The zero-order valence-corrected chi connectivity index (χ0v) is 28.0. The van der Waals surface area contributed by atoms with Crippen LogP contribution in [-0.2, 0) is 37.4 Å². The van der Waals surface area contributed by atoms with Crippen molar-refractivity contribution in [1.82, 2.24) is 5.32 Å². The SMILES string of the molecule is CCOP(=O)(CCOCCOCCOCCNCCCSCCCOCCCCCCCCCCCC=O)OCC. The highest BCUT2D eigenvalue weighted by Crippen LogP contribution is 2.47. The molecule has 0 aliphatic rings. The number of ether oxygens (including phenoxy) is 4. The molecule has 41 heavy (non-hydrogen) atoms. The van der Waals surface area contributed by atoms with Crippen LogP contribution in [0.2, 0.25) is 0 Å². The molecule has 0 fully saturated rings. The molecule has 0 saturated heterocycles. The van der Waals surface area contributed by atoms with E-state index in [9.17, 15) is 9.36 Å². The molecule has 9 nitrogen and oxygen atoms in total. The molecule has 0 amide bonds. The number of nitrogens with one attached hydrogen (secondary N) is 1. The third-order valence-corrected chi connectivity index (χ3v) is 9.35. The van der Waals surface area contributed by atoms with Gasteiger partial charge in [0.2, 0.25) is 0 Å². The van der Waals surface area contributed by atoms with Gasteiger partial charge >= 0.3 is 7.60 Å². The van der Waals surface area contributed by atoms with Crippen LogP contribution in [0, 0.1) is 0 Å². The number of carbonyl (C=O) groups excluding carboxylic acids is 1. The van der Waals surface area contributed by atoms with Crippen LogP contribution in [0.3, 0.4) is 0 Å². The van der Waals surface area contributed by atoms with Crippen LogP contribution in [0.15, 0.2) is 0 Å². The highest BCUT2D eigenvalue weighted by Gasteiger charge is 2.22. The first kappa shape index (κ1) is 41.0. The standard InChI is InChI=1S/C30H62NO8PS/c1-3-38-40(33,39-4-2)28-27-37-26-25-36-24-23-35-22-18-31-17-15-29-41-30-16-21-34-20-14-12-10-8-6-5-7-9-11-13-19-32/h19,31H,3-18,20-30H2,1-2H3. The van der Waals surface area contributed by atoms with Crippen molar-refractivity contribution in [3.05, 3.63) is 0 Å². The van der Waals surface area contributed by atoms with Gasteiger partial charge in [-0.2, -0.15) is 11.8 Å². The molecule has 0 radical (unpaired) electrons. The van der Waals surface area contributed by atoms with Gasteiger partial charge in [0.1, 0.15) is 6.29 Å². The Bertz CT molecular complexity index is 567. The molecule has 246 valence electrons. The van der Waals surface area contributed by atoms with Gasteiger partial charge in [-0.05, 0) is 57.6 Å². The van der Waals surface area contributed by atoms with Crippen molar-refractivity contribution < 1.29 is 37.4 Å². The van der Waals surface area contributed by atoms with Crippen molar-refractivity contribution in [2.45, 2.75) is 90.9 Å². The van der Waals surface area contributed by atoms with Gasteiger partial charge < -0.3 is 38.1 Å². The summed E-state index contributed by atoms with van der Waals surface area (Å²) < 4.78 is 45.0. The molecule has 1 N–H and O–H groups in total. The minimum absolute atomic E-state index is 0.257. The van der Waals surface area contributed by atoms with Crippen LogP contribution in [0.4, 0.5) is 0 Å². The summed E-state index contributed by atoms with van der Waals surface area (Å²) in [6.07, 6.45) is 15.6. The van der Waals surface area contributed by atoms with Gasteiger partial charge in [0, 0.05) is 26.2 Å². The summed E-state index contributed by atoms with van der Waals surface area (Å²) in [5, 5.41) is 3.42. The molecule has 0 saturated carbocycles. The molecule has 0 aliphatic heterocycles. The zero-order valence-electron chi connectivity index (χ0n) is 26.3. The van der Waals surface area contributed by atoms with Gasteiger partial charge in [0.25, 0.3) is 0 Å². The first-order valence-corrected chi connectivity index (χ1v) is 19.0. The second kappa shape index (κ2) is 34.5. The highest BCUT2D eigenvalue weighted by atomic mass is 32.2. The lowest BCUT2D eigenvalue weighted by molar-refractivity contribution is -0.107. The molecule has 0 bridgehead atoms.